The van der Waals surface area contributed by atoms with Gasteiger partial charge in [-0.3, -0.25) is 9.52 Å². The molecule has 8 heteroatoms. The number of nitrogens with one attached hydrogen (secondary N) is 1. The zero-order chi connectivity index (χ0) is 16.9. The van der Waals surface area contributed by atoms with E-state index < -0.39 is 10.0 Å². The molecule has 1 N–H and O–H groups in total. The molecule has 0 fully saturated rings. The Hall–Kier alpha value is -1.80. The van der Waals surface area contributed by atoms with Crippen molar-refractivity contribution in [2.75, 3.05) is 16.7 Å². The van der Waals surface area contributed by atoms with Gasteiger partial charge < -0.3 is 4.57 Å². The Morgan fingerprint density at radius 3 is 2.61 bits per heavy atom. The highest BCUT2D eigenvalue weighted by molar-refractivity contribution is 7.99. The Bertz CT molecular complexity index is 768. The van der Waals surface area contributed by atoms with Gasteiger partial charge >= 0.3 is 0 Å². The molecule has 0 amide bonds. The van der Waals surface area contributed by atoms with Crippen molar-refractivity contribution < 1.29 is 13.2 Å². The molecule has 0 spiro atoms. The van der Waals surface area contributed by atoms with Crippen molar-refractivity contribution >= 4 is 33.3 Å². The molecule has 23 heavy (non-hydrogen) atoms. The van der Waals surface area contributed by atoms with Crippen molar-refractivity contribution in [3.05, 3.63) is 42.2 Å². The standard InChI is InChI=1S/C15H19N3O3S2/c1-3-9-18-10-8-16-15(18)22-11-14(19)12-4-6-13(7-5-12)17-23(2,20)21/h4-8,10,17H,3,9,11H2,1-2H3. The molecule has 0 radical (unpaired) electrons. The van der Waals surface area contributed by atoms with Crippen LogP contribution in [0.25, 0.3) is 0 Å². The monoisotopic (exact) mass is 353 g/mol. The first kappa shape index (κ1) is 17.6. The predicted octanol–water partition coefficient (Wildman–Crippen LogP) is 2.64. The van der Waals surface area contributed by atoms with Gasteiger partial charge in [-0.25, -0.2) is 13.4 Å². The molecule has 0 aliphatic carbocycles. The van der Waals surface area contributed by atoms with Crippen LogP contribution in [0.15, 0.2) is 41.8 Å². The largest absolute Gasteiger partial charge is 0.326 e. The van der Waals surface area contributed by atoms with Crippen LogP contribution in [0.2, 0.25) is 0 Å². The van der Waals surface area contributed by atoms with E-state index in [1.165, 1.54) is 11.8 Å². The Labute approximate surface area is 140 Å². The molecule has 0 bridgehead atoms. The number of imidazole rings is 1. The summed E-state index contributed by atoms with van der Waals surface area (Å²) in [5.41, 5.74) is 0.986. The van der Waals surface area contributed by atoms with Crippen molar-refractivity contribution in [1.82, 2.24) is 9.55 Å². The van der Waals surface area contributed by atoms with E-state index >= 15 is 0 Å². The molecular weight excluding hydrogens is 334 g/mol. The second-order valence-electron chi connectivity index (χ2n) is 5.07. The summed E-state index contributed by atoms with van der Waals surface area (Å²) < 4.78 is 26.7. The number of nitrogens with zero attached hydrogens (tertiary/aromatic N) is 2. The maximum absolute atomic E-state index is 12.2. The van der Waals surface area contributed by atoms with Gasteiger partial charge in [0.15, 0.2) is 10.9 Å². The molecule has 0 aliphatic heterocycles. The van der Waals surface area contributed by atoms with Gasteiger partial charge in [0.2, 0.25) is 10.0 Å². The minimum Gasteiger partial charge on any atom is -0.326 e. The number of anilines is 1. The van der Waals surface area contributed by atoms with Crippen molar-refractivity contribution in [3.8, 4) is 0 Å². The van der Waals surface area contributed by atoms with Crippen LogP contribution in [-0.4, -0.2) is 35.8 Å². The second kappa shape index (κ2) is 7.65. The van der Waals surface area contributed by atoms with Crippen LogP contribution in [0, 0.1) is 0 Å². The Kier molecular flexibility index (Phi) is 5.84. The average Bonchev–Trinajstić information content (AvgIpc) is 2.92. The molecule has 1 aromatic heterocycles. The molecule has 1 heterocycles. The number of Topliss-reactive ketones (excluding diaryl/α,β-unsaturated/α-hetero) is 1. The van der Waals surface area contributed by atoms with Gasteiger partial charge in [-0.15, -0.1) is 0 Å². The molecule has 2 aromatic rings. The molecular formula is C15H19N3O3S2. The minimum atomic E-state index is -3.31. The maximum Gasteiger partial charge on any atom is 0.229 e. The van der Waals surface area contributed by atoms with Gasteiger partial charge in [0.1, 0.15) is 0 Å². The first-order valence-electron chi connectivity index (χ1n) is 7.14. The summed E-state index contributed by atoms with van der Waals surface area (Å²) in [7, 11) is -3.31. The first-order valence-corrected chi connectivity index (χ1v) is 10.0. The van der Waals surface area contributed by atoms with Crippen molar-refractivity contribution in [2.24, 2.45) is 0 Å². The van der Waals surface area contributed by atoms with E-state index in [0.717, 1.165) is 24.4 Å². The summed E-state index contributed by atoms with van der Waals surface area (Å²) in [4.78, 5) is 16.5. The number of rotatable bonds is 8. The fraction of sp³-hybridized carbons (Fsp3) is 0.333. The topological polar surface area (TPSA) is 81.1 Å². The number of sulfonamides is 1. The fourth-order valence-corrected chi connectivity index (χ4v) is 3.44. The van der Waals surface area contributed by atoms with Crippen molar-refractivity contribution in [2.45, 2.75) is 25.0 Å². The molecule has 1 aromatic carbocycles. The fourth-order valence-electron chi connectivity index (χ4n) is 2.00. The van der Waals surface area contributed by atoms with Crippen LogP contribution in [0.4, 0.5) is 5.69 Å². The average molecular weight is 353 g/mol. The van der Waals surface area contributed by atoms with Gasteiger partial charge in [-0.05, 0) is 30.7 Å². The summed E-state index contributed by atoms with van der Waals surface area (Å²) >= 11 is 1.40. The molecule has 0 unspecified atom stereocenters. The van der Waals surface area contributed by atoms with Crippen LogP contribution in [0.5, 0.6) is 0 Å². The zero-order valence-electron chi connectivity index (χ0n) is 13.0. The van der Waals surface area contributed by atoms with E-state index in [0.29, 0.717) is 17.0 Å². The Morgan fingerprint density at radius 1 is 1.30 bits per heavy atom. The highest BCUT2D eigenvalue weighted by Crippen LogP contribution is 2.19. The third-order valence-corrected chi connectivity index (χ3v) is 4.60. The minimum absolute atomic E-state index is 0.0213. The number of aromatic nitrogens is 2. The van der Waals surface area contributed by atoms with E-state index in [1.807, 2.05) is 10.8 Å². The first-order chi connectivity index (χ1) is 10.9. The number of hydrogen-bond acceptors (Lipinski definition) is 5. The van der Waals surface area contributed by atoms with E-state index in [2.05, 4.69) is 16.6 Å². The quantitative estimate of drug-likeness (QED) is 0.583. The van der Waals surface area contributed by atoms with Crippen LogP contribution >= 0.6 is 11.8 Å². The zero-order valence-corrected chi connectivity index (χ0v) is 14.7. The summed E-state index contributed by atoms with van der Waals surface area (Å²) in [6, 6.07) is 6.40. The van der Waals surface area contributed by atoms with E-state index in [1.54, 1.807) is 30.5 Å². The lowest BCUT2D eigenvalue weighted by molar-refractivity contribution is 0.102. The Morgan fingerprint density at radius 2 is 2.00 bits per heavy atom. The number of ketones is 1. The van der Waals surface area contributed by atoms with Crippen LogP contribution in [0.3, 0.4) is 0 Å². The van der Waals surface area contributed by atoms with Crippen LogP contribution in [0.1, 0.15) is 23.7 Å². The van der Waals surface area contributed by atoms with Crippen molar-refractivity contribution in [1.29, 1.82) is 0 Å². The molecule has 0 aliphatic rings. The third kappa shape index (κ3) is 5.40. The smallest absolute Gasteiger partial charge is 0.229 e. The molecule has 0 atom stereocenters. The number of thioether (sulfide) groups is 1. The number of aryl methyl sites for hydroxylation is 1. The number of hydrogen-bond donors (Lipinski definition) is 1. The molecule has 124 valence electrons. The summed E-state index contributed by atoms with van der Waals surface area (Å²) in [6.45, 7) is 2.97. The molecule has 0 saturated carbocycles. The summed E-state index contributed by atoms with van der Waals surface area (Å²) in [5.74, 6) is 0.270. The van der Waals surface area contributed by atoms with E-state index in [4.69, 9.17) is 0 Å². The lowest BCUT2D eigenvalue weighted by Gasteiger charge is -2.06. The van der Waals surface area contributed by atoms with Crippen molar-refractivity contribution in [3.63, 3.8) is 0 Å². The second-order valence-corrected chi connectivity index (χ2v) is 7.76. The Balaban J connectivity index is 1.96. The molecule has 6 nitrogen and oxygen atoms in total. The maximum atomic E-state index is 12.2. The number of carbonyl (C=O) groups excluding carboxylic acids is 1. The van der Waals surface area contributed by atoms with Crippen LogP contribution in [-0.2, 0) is 16.6 Å². The summed E-state index contributed by atoms with van der Waals surface area (Å²) in [6.07, 6.45) is 5.73. The highest BCUT2D eigenvalue weighted by atomic mass is 32.2. The SMILES string of the molecule is CCCn1ccnc1SCC(=O)c1ccc(NS(C)(=O)=O)cc1. The number of carbonyl (C=O) groups is 1. The van der Waals surface area contributed by atoms with E-state index in [9.17, 15) is 13.2 Å². The summed E-state index contributed by atoms with van der Waals surface area (Å²) in [5, 5.41) is 0.829. The normalized spacial score (nSPS) is 11.4. The molecule has 2 rings (SSSR count). The lowest BCUT2D eigenvalue weighted by Crippen LogP contribution is -2.10. The highest BCUT2D eigenvalue weighted by Gasteiger charge is 2.10. The molecule has 0 saturated heterocycles. The van der Waals surface area contributed by atoms with Gasteiger partial charge in [-0.1, -0.05) is 18.7 Å². The predicted molar refractivity (Wildman–Crippen MR) is 92.5 cm³/mol. The lowest BCUT2D eigenvalue weighted by atomic mass is 10.1. The van der Waals surface area contributed by atoms with Gasteiger partial charge in [-0.2, -0.15) is 0 Å². The van der Waals surface area contributed by atoms with E-state index in [-0.39, 0.29) is 5.78 Å². The number of benzene rings is 1. The van der Waals surface area contributed by atoms with Crippen LogP contribution < -0.4 is 4.72 Å². The third-order valence-electron chi connectivity index (χ3n) is 2.98. The van der Waals surface area contributed by atoms with Gasteiger partial charge in [0, 0.05) is 30.2 Å². The van der Waals surface area contributed by atoms with Gasteiger partial charge in [0.05, 0.1) is 12.0 Å². The van der Waals surface area contributed by atoms with Gasteiger partial charge in [0.25, 0.3) is 0 Å².